The monoisotopic (exact) mass is 362 g/mol. The minimum absolute atomic E-state index is 0.113. The van der Waals surface area contributed by atoms with Crippen LogP contribution in [0.25, 0.3) is 6.08 Å². The smallest absolute Gasteiger partial charge is 0.331 e. The molecule has 2 rings (SSSR count). The number of ether oxygens (including phenoxy) is 2. The van der Waals surface area contributed by atoms with Crippen LogP contribution in [0.3, 0.4) is 0 Å². The van der Waals surface area contributed by atoms with Crippen molar-refractivity contribution >= 4 is 29.4 Å². The second-order valence-corrected chi connectivity index (χ2v) is 5.61. The molecule has 0 amide bonds. The first-order chi connectivity index (χ1) is 11.9. The van der Waals surface area contributed by atoms with Gasteiger partial charge in [0, 0.05) is 16.7 Å². The summed E-state index contributed by atoms with van der Waals surface area (Å²) in [4.78, 5) is 24.0. The molecular weight excluding hydrogens is 347 g/mol. The molecule has 0 fully saturated rings. The fraction of sp³-hybridized carbons (Fsp3) is 0.158. The molecule has 4 nitrogen and oxygen atoms in total. The van der Waals surface area contributed by atoms with Gasteiger partial charge in [-0.15, -0.1) is 0 Å². The highest BCUT2D eigenvalue weighted by Crippen LogP contribution is 2.18. The highest BCUT2D eigenvalue weighted by Gasteiger charge is 2.18. The quantitative estimate of drug-likeness (QED) is 0.436. The molecule has 2 aromatic rings. The predicted molar refractivity (Wildman–Crippen MR) is 93.3 cm³/mol. The summed E-state index contributed by atoms with van der Waals surface area (Å²) in [5, 5.41) is 0.510. The van der Waals surface area contributed by atoms with E-state index in [4.69, 9.17) is 21.1 Å². The van der Waals surface area contributed by atoms with Gasteiger partial charge >= 0.3 is 5.97 Å². The van der Waals surface area contributed by atoms with E-state index in [1.165, 1.54) is 32.2 Å². The maximum Gasteiger partial charge on any atom is 0.331 e. The molecule has 0 heterocycles. The molecule has 6 heteroatoms. The number of carbonyl (C=O) groups excluding carboxylic acids is 2. The molecule has 0 aliphatic carbocycles. The average molecular weight is 363 g/mol. The van der Waals surface area contributed by atoms with E-state index in [1.54, 1.807) is 30.3 Å². The van der Waals surface area contributed by atoms with Gasteiger partial charge in [0.25, 0.3) is 0 Å². The molecule has 0 N–H and O–H groups in total. The summed E-state index contributed by atoms with van der Waals surface area (Å²) < 4.78 is 23.5. The van der Waals surface area contributed by atoms with Crippen molar-refractivity contribution in [3.05, 3.63) is 70.5 Å². The number of halogens is 2. The van der Waals surface area contributed by atoms with Crippen LogP contribution in [0.5, 0.6) is 5.75 Å². The zero-order valence-corrected chi connectivity index (χ0v) is 14.4. The molecule has 0 aliphatic heterocycles. The number of benzene rings is 2. The third-order valence-electron chi connectivity index (χ3n) is 3.38. The van der Waals surface area contributed by atoms with E-state index in [2.05, 4.69) is 0 Å². The van der Waals surface area contributed by atoms with Crippen LogP contribution in [0.2, 0.25) is 5.02 Å². The van der Waals surface area contributed by atoms with Crippen molar-refractivity contribution in [2.24, 2.45) is 0 Å². The number of methoxy groups -OCH3 is 1. The molecule has 130 valence electrons. The number of esters is 1. The van der Waals surface area contributed by atoms with Crippen LogP contribution in [-0.4, -0.2) is 25.0 Å². The Morgan fingerprint density at radius 3 is 2.44 bits per heavy atom. The number of hydrogen-bond donors (Lipinski definition) is 0. The second-order valence-electron chi connectivity index (χ2n) is 5.18. The van der Waals surface area contributed by atoms with Crippen molar-refractivity contribution in [2.45, 2.75) is 13.0 Å². The average Bonchev–Trinajstić information content (AvgIpc) is 2.60. The molecule has 0 spiro atoms. The molecular formula is C19H16ClFO4. The third kappa shape index (κ3) is 5.16. The van der Waals surface area contributed by atoms with Crippen molar-refractivity contribution in [3.63, 3.8) is 0 Å². The van der Waals surface area contributed by atoms with Gasteiger partial charge in [0.2, 0.25) is 5.78 Å². The predicted octanol–water partition coefficient (Wildman–Crippen LogP) is 4.32. The first kappa shape index (κ1) is 18.7. The standard InChI is InChI=1S/C19H16ClFO4/c1-12(19(23)14-5-7-15(20)8-6-14)25-18(22)10-4-13-3-9-17(24-2)16(21)11-13/h3-12H,1-2H3/b10-4+/t12-/m1/s1. The Balaban J connectivity index is 1.98. The Morgan fingerprint density at radius 1 is 1.16 bits per heavy atom. The Labute approximate surface area is 149 Å². The van der Waals surface area contributed by atoms with Crippen LogP contribution in [-0.2, 0) is 9.53 Å². The summed E-state index contributed by atoms with van der Waals surface area (Å²) in [5.74, 6) is -1.47. The van der Waals surface area contributed by atoms with E-state index in [-0.39, 0.29) is 11.5 Å². The van der Waals surface area contributed by atoms with Crippen molar-refractivity contribution in [1.29, 1.82) is 0 Å². The number of rotatable bonds is 6. The molecule has 2 aromatic carbocycles. The zero-order chi connectivity index (χ0) is 18.4. The van der Waals surface area contributed by atoms with Gasteiger partial charge in [-0.3, -0.25) is 4.79 Å². The van der Waals surface area contributed by atoms with Gasteiger partial charge in [-0.25, -0.2) is 9.18 Å². The number of hydrogen-bond acceptors (Lipinski definition) is 4. The first-order valence-corrected chi connectivity index (χ1v) is 7.80. The zero-order valence-electron chi connectivity index (χ0n) is 13.7. The normalized spacial score (nSPS) is 12.0. The van der Waals surface area contributed by atoms with Crippen molar-refractivity contribution < 1.29 is 23.5 Å². The summed E-state index contributed by atoms with van der Waals surface area (Å²) in [6.45, 7) is 1.48. The highest BCUT2D eigenvalue weighted by molar-refractivity contribution is 6.30. The molecule has 25 heavy (non-hydrogen) atoms. The van der Waals surface area contributed by atoms with E-state index in [1.807, 2.05) is 0 Å². The van der Waals surface area contributed by atoms with Gasteiger partial charge in [0.05, 0.1) is 7.11 Å². The highest BCUT2D eigenvalue weighted by atomic mass is 35.5. The van der Waals surface area contributed by atoms with Crippen LogP contribution in [0, 0.1) is 5.82 Å². The molecule has 0 radical (unpaired) electrons. The fourth-order valence-electron chi connectivity index (χ4n) is 2.07. The number of Topliss-reactive ketones (excluding diaryl/α,β-unsaturated/α-hetero) is 1. The molecule has 0 bridgehead atoms. The minimum Gasteiger partial charge on any atom is -0.494 e. The minimum atomic E-state index is -0.953. The Hall–Kier alpha value is -2.66. The maximum absolute atomic E-state index is 13.6. The van der Waals surface area contributed by atoms with Crippen LogP contribution >= 0.6 is 11.6 Å². The second kappa shape index (κ2) is 8.44. The summed E-state index contributed by atoms with van der Waals surface area (Å²) in [6, 6.07) is 10.6. The van der Waals surface area contributed by atoms with E-state index in [0.717, 1.165) is 6.08 Å². The maximum atomic E-state index is 13.6. The largest absolute Gasteiger partial charge is 0.494 e. The number of carbonyl (C=O) groups is 2. The van der Waals surface area contributed by atoms with Gasteiger partial charge in [-0.2, -0.15) is 0 Å². The Kier molecular flexibility index (Phi) is 6.31. The summed E-state index contributed by atoms with van der Waals surface area (Å²) >= 11 is 5.77. The molecule has 0 aromatic heterocycles. The van der Waals surface area contributed by atoms with Crippen molar-refractivity contribution in [2.75, 3.05) is 7.11 Å². The van der Waals surface area contributed by atoms with Crippen molar-refractivity contribution in [1.82, 2.24) is 0 Å². The molecule has 1 atom stereocenters. The first-order valence-electron chi connectivity index (χ1n) is 7.42. The lowest BCUT2D eigenvalue weighted by Gasteiger charge is -2.10. The third-order valence-corrected chi connectivity index (χ3v) is 3.63. The van der Waals surface area contributed by atoms with E-state index >= 15 is 0 Å². The van der Waals surface area contributed by atoms with Gasteiger partial charge < -0.3 is 9.47 Å². The van der Waals surface area contributed by atoms with Crippen LogP contribution in [0.15, 0.2) is 48.5 Å². The summed E-state index contributed by atoms with van der Waals surface area (Å²) in [6.07, 6.45) is 1.57. The molecule has 0 saturated heterocycles. The van der Waals surface area contributed by atoms with Crippen LogP contribution < -0.4 is 4.74 Å². The fourth-order valence-corrected chi connectivity index (χ4v) is 2.19. The van der Waals surface area contributed by atoms with E-state index in [0.29, 0.717) is 16.1 Å². The number of ketones is 1. The summed E-state index contributed by atoms with van der Waals surface area (Å²) in [7, 11) is 1.37. The SMILES string of the molecule is COc1ccc(/C=C/C(=O)O[C@H](C)C(=O)c2ccc(Cl)cc2)cc1F. The van der Waals surface area contributed by atoms with Gasteiger partial charge in [0.15, 0.2) is 17.7 Å². The lowest BCUT2D eigenvalue weighted by molar-refractivity contribution is -0.140. The van der Waals surface area contributed by atoms with Crippen molar-refractivity contribution in [3.8, 4) is 5.75 Å². The van der Waals surface area contributed by atoms with Crippen LogP contribution in [0.4, 0.5) is 4.39 Å². The Bertz CT molecular complexity index is 800. The van der Waals surface area contributed by atoms with E-state index < -0.39 is 17.9 Å². The van der Waals surface area contributed by atoms with Gasteiger partial charge in [-0.1, -0.05) is 17.7 Å². The van der Waals surface area contributed by atoms with Crippen LogP contribution in [0.1, 0.15) is 22.8 Å². The lowest BCUT2D eigenvalue weighted by Crippen LogP contribution is -2.23. The van der Waals surface area contributed by atoms with E-state index in [9.17, 15) is 14.0 Å². The molecule has 0 aliphatic rings. The molecule has 0 unspecified atom stereocenters. The van der Waals surface area contributed by atoms with Gasteiger partial charge in [-0.05, 0) is 55.0 Å². The van der Waals surface area contributed by atoms with Gasteiger partial charge in [0.1, 0.15) is 0 Å². The lowest BCUT2D eigenvalue weighted by atomic mass is 10.1. The topological polar surface area (TPSA) is 52.6 Å². The molecule has 0 saturated carbocycles. The summed E-state index contributed by atoms with van der Waals surface area (Å²) in [5.41, 5.74) is 0.859. The Morgan fingerprint density at radius 2 is 1.84 bits per heavy atom.